The van der Waals surface area contributed by atoms with E-state index in [-0.39, 0.29) is 5.91 Å². The lowest BCUT2D eigenvalue weighted by Gasteiger charge is -2.21. The van der Waals surface area contributed by atoms with Gasteiger partial charge in [0, 0.05) is 30.0 Å². The molecular weight excluding hydrogens is 340 g/mol. The minimum Gasteiger partial charge on any atom is -0.334 e. The summed E-state index contributed by atoms with van der Waals surface area (Å²) >= 11 is 0. The molecule has 0 atom stereocenters. The molecule has 2 heterocycles. The maximum Gasteiger partial charge on any atom is 0.254 e. The van der Waals surface area contributed by atoms with Crippen molar-refractivity contribution >= 4 is 22.6 Å². The molecule has 2 aromatic carbocycles. The van der Waals surface area contributed by atoms with Crippen molar-refractivity contribution in [2.45, 2.75) is 13.8 Å². The number of anilines is 1. The summed E-state index contributed by atoms with van der Waals surface area (Å²) in [6.07, 6.45) is 0. The van der Waals surface area contributed by atoms with Gasteiger partial charge in [-0.05, 0) is 36.8 Å². The van der Waals surface area contributed by atoms with Gasteiger partial charge in [0.25, 0.3) is 5.91 Å². The highest BCUT2D eigenvalue weighted by molar-refractivity contribution is 6.07. The normalized spacial score (nSPS) is 15.0. The molecule has 3 aromatic rings. The number of hydrogen-bond donors (Lipinski definition) is 0. The maximum absolute atomic E-state index is 13.1. The van der Waals surface area contributed by atoms with Crippen LogP contribution in [-0.4, -0.2) is 47.0 Å². The Hall–Kier alpha value is -2.99. The first-order valence-corrected chi connectivity index (χ1v) is 9.11. The molecule has 0 spiro atoms. The SMILES string of the molecule is Cc1cc(C)nc(N2CCN(C(=O)c3cccc4ccccc34)CCO2)n1. The summed E-state index contributed by atoms with van der Waals surface area (Å²) in [5.74, 6) is 0.575. The third-order valence-electron chi connectivity index (χ3n) is 4.68. The molecule has 1 fully saturated rings. The van der Waals surface area contributed by atoms with Crippen molar-refractivity contribution in [1.29, 1.82) is 0 Å². The van der Waals surface area contributed by atoms with Crippen LogP contribution in [0.1, 0.15) is 21.7 Å². The van der Waals surface area contributed by atoms with Crippen LogP contribution in [0.25, 0.3) is 10.8 Å². The van der Waals surface area contributed by atoms with Gasteiger partial charge in [0.05, 0.1) is 13.2 Å². The second-order valence-corrected chi connectivity index (χ2v) is 6.70. The molecule has 138 valence electrons. The molecule has 0 unspecified atom stereocenters. The number of aryl methyl sites for hydroxylation is 2. The molecule has 4 rings (SSSR count). The topological polar surface area (TPSA) is 58.6 Å². The van der Waals surface area contributed by atoms with Crippen molar-refractivity contribution in [2.75, 3.05) is 31.3 Å². The van der Waals surface area contributed by atoms with Crippen LogP contribution in [0.2, 0.25) is 0 Å². The monoisotopic (exact) mass is 362 g/mol. The lowest BCUT2D eigenvalue weighted by Crippen LogP contribution is -2.35. The van der Waals surface area contributed by atoms with Gasteiger partial charge in [0.15, 0.2) is 0 Å². The van der Waals surface area contributed by atoms with Gasteiger partial charge in [-0.1, -0.05) is 36.4 Å². The summed E-state index contributed by atoms with van der Waals surface area (Å²) in [5.41, 5.74) is 2.52. The first-order valence-electron chi connectivity index (χ1n) is 9.11. The highest BCUT2D eigenvalue weighted by atomic mass is 16.7. The van der Waals surface area contributed by atoms with Crippen LogP contribution < -0.4 is 5.06 Å². The quantitative estimate of drug-likeness (QED) is 0.701. The number of carbonyl (C=O) groups is 1. The van der Waals surface area contributed by atoms with Crippen LogP contribution in [0.15, 0.2) is 48.5 Å². The van der Waals surface area contributed by atoms with Gasteiger partial charge >= 0.3 is 0 Å². The van der Waals surface area contributed by atoms with Crippen LogP contribution in [0.4, 0.5) is 5.95 Å². The summed E-state index contributed by atoms with van der Waals surface area (Å²) in [5, 5.41) is 3.74. The summed E-state index contributed by atoms with van der Waals surface area (Å²) in [4.78, 5) is 29.7. The highest BCUT2D eigenvalue weighted by Crippen LogP contribution is 2.21. The molecule has 0 aliphatic carbocycles. The zero-order valence-corrected chi connectivity index (χ0v) is 15.6. The second-order valence-electron chi connectivity index (χ2n) is 6.70. The van der Waals surface area contributed by atoms with Crippen molar-refractivity contribution < 1.29 is 9.63 Å². The lowest BCUT2D eigenvalue weighted by atomic mass is 10.0. The molecule has 27 heavy (non-hydrogen) atoms. The van der Waals surface area contributed by atoms with Crippen LogP contribution >= 0.6 is 0 Å². The Kier molecular flexibility index (Phi) is 4.73. The molecule has 1 aliphatic rings. The molecule has 1 amide bonds. The van der Waals surface area contributed by atoms with Crippen molar-refractivity contribution in [2.24, 2.45) is 0 Å². The van der Waals surface area contributed by atoms with Gasteiger partial charge in [-0.3, -0.25) is 9.63 Å². The Balaban J connectivity index is 1.55. The van der Waals surface area contributed by atoms with E-state index >= 15 is 0 Å². The predicted octanol–water partition coefficient (Wildman–Crippen LogP) is 3.14. The van der Waals surface area contributed by atoms with Crippen molar-refractivity contribution in [3.8, 4) is 0 Å². The standard InChI is InChI=1S/C21H22N4O2/c1-15-14-16(2)23-21(22-15)25-11-10-24(12-13-27-25)20(26)19-9-5-7-17-6-3-4-8-18(17)19/h3-9,14H,10-13H2,1-2H3. The van der Waals surface area contributed by atoms with Crippen LogP contribution in [-0.2, 0) is 4.84 Å². The Morgan fingerprint density at radius 2 is 1.70 bits per heavy atom. The van der Waals surface area contributed by atoms with E-state index < -0.39 is 0 Å². The van der Waals surface area contributed by atoms with Crippen molar-refractivity contribution in [3.05, 3.63) is 65.5 Å². The van der Waals surface area contributed by atoms with Gasteiger partial charge in [0.1, 0.15) is 0 Å². The summed E-state index contributed by atoms with van der Waals surface area (Å²) < 4.78 is 0. The maximum atomic E-state index is 13.1. The number of nitrogens with zero attached hydrogens (tertiary/aromatic N) is 4. The van der Waals surface area contributed by atoms with E-state index in [0.717, 1.165) is 27.7 Å². The highest BCUT2D eigenvalue weighted by Gasteiger charge is 2.23. The first-order chi connectivity index (χ1) is 13.1. The van der Waals surface area contributed by atoms with Crippen LogP contribution in [0.3, 0.4) is 0 Å². The number of amides is 1. The molecule has 1 aliphatic heterocycles. The van der Waals surface area contributed by atoms with Gasteiger partial charge in [-0.15, -0.1) is 0 Å². The van der Waals surface area contributed by atoms with Gasteiger partial charge < -0.3 is 4.90 Å². The number of fused-ring (bicyclic) bond motifs is 1. The van der Waals surface area contributed by atoms with E-state index in [4.69, 9.17) is 4.84 Å². The van der Waals surface area contributed by atoms with Gasteiger partial charge in [-0.25, -0.2) is 15.0 Å². The van der Waals surface area contributed by atoms with E-state index in [1.54, 1.807) is 5.06 Å². The summed E-state index contributed by atoms with van der Waals surface area (Å²) in [6.45, 7) is 5.90. The fourth-order valence-corrected chi connectivity index (χ4v) is 3.41. The van der Waals surface area contributed by atoms with E-state index in [1.165, 1.54) is 0 Å². The molecule has 0 N–H and O–H groups in total. The molecule has 1 saturated heterocycles. The first kappa shape index (κ1) is 17.4. The Morgan fingerprint density at radius 3 is 2.52 bits per heavy atom. The van der Waals surface area contributed by atoms with Gasteiger partial charge in [0.2, 0.25) is 5.95 Å². The summed E-state index contributed by atoms with van der Waals surface area (Å²) in [7, 11) is 0. The minimum atomic E-state index is 0.0265. The van der Waals surface area contributed by atoms with Crippen molar-refractivity contribution in [1.82, 2.24) is 14.9 Å². The number of rotatable bonds is 2. The van der Waals surface area contributed by atoms with Crippen LogP contribution in [0, 0.1) is 13.8 Å². The third-order valence-corrected chi connectivity index (χ3v) is 4.68. The largest absolute Gasteiger partial charge is 0.334 e. The minimum absolute atomic E-state index is 0.0265. The molecular formula is C21H22N4O2. The second kappa shape index (κ2) is 7.32. The number of aromatic nitrogens is 2. The Morgan fingerprint density at radius 1 is 0.963 bits per heavy atom. The molecule has 6 nitrogen and oxygen atoms in total. The number of benzene rings is 2. The number of carbonyl (C=O) groups excluding carboxylic acids is 1. The molecule has 0 radical (unpaired) electrons. The van der Waals surface area contributed by atoms with E-state index in [0.29, 0.717) is 32.2 Å². The van der Waals surface area contributed by atoms with E-state index in [1.807, 2.05) is 67.3 Å². The van der Waals surface area contributed by atoms with E-state index in [9.17, 15) is 4.79 Å². The third kappa shape index (κ3) is 3.61. The van der Waals surface area contributed by atoms with Gasteiger partial charge in [-0.2, -0.15) is 0 Å². The fourth-order valence-electron chi connectivity index (χ4n) is 3.41. The average molecular weight is 362 g/mol. The van der Waals surface area contributed by atoms with E-state index in [2.05, 4.69) is 9.97 Å². The number of hydroxylamine groups is 1. The van der Waals surface area contributed by atoms with Crippen molar-refractivity contribution in [3.63, 3.8) is 0 Å². The fraction of sp³-hybridized carbons (Fsp3) is 0.286. The lowest BCUT2D eigenvalue weighted by molar-refractivity contribution is 0.0731. The Labute approximate surface area is 158 Å². The van der Waals surface area contributed by atoms with Crippen LogP contribution in [0.5, 0.6) is 0 Å². The predicted molar refractivity (Wildman–Crippen MR) is 105 cm³/mol. The smallest absolute Gasteiger partial charge is 0.254 e. The molecule has 0 bridgehead atoms. The Bertz CT molecular complexity index is 963. The summed E-state index contributed by atoms with van der Waals surface area (Å²) in [6, 6.07) is 15.7. The molecule has 1 aromatic heterocycles. The number of hydrogen-bond acceptors (Lipinski definition) is 5. The zero-order valence-electron chi connectivity index (χ0n) is 15.6. The zero-order chi connectivity index (χ0) is 18.8. The molecule has 0 saturated carbocycles. The molecule has 6 heteroatoms. The average Bonchev–Trinajstić information content (AvgIpc) is 2.92.